The van der Waals surface area contributed by atoms with E-state index in [1.165, 1.54) is 18.2 Å². The van der Waals surface area contributed by atoms with Crippen LogP contribution in [-0.2, 0) is 0 Å². The van der Waals surface area contributed by atoms with Gasteiger partial charge in [-0.1, -0.05) is 6.92 Å². The van der Waals surface area contributed by atoms with Gasteiger partial charge in [-0.15, -0.1) is 0 Å². The van der Waals surface area contributed by atoms with Gasteiger partial charge in [0.1, 0.15) is 0 Å². The molecule has 0 saturated heterocycles. The summed E-state index contributed by atoms with van der Waals surface area (Å²) in [4.78, 5) is 26.1. The van der Waals surface area contributed by atoms with Gasteiger partial charge in [0.25, 0.3) is 5.69 Å². The fourth-order valence-electron chi connectivity index (χ4n) is 1.65. The fourth-order valence-corrected chi connectivity index (χ4v) is 1.65. The van der Waals surface area contributed by atoms with Crippen molar-refractivity contribution in [2.45, 2.75) is 19.8 Å². The molecule has 1 aliphatic rings. The Morgan fingerprint density at radius 1 is 1.50 bits per heavy atom. The van der Waals surface area contributed by atoms with Crippen molar-refractivity contribution in [3.8, 4) is 0 Å². The minimum absolute atomic E-state index is 0.0674. The summed E-state index contributed by atoms with van der Waals surface area (Å²) in [6.07, 6.45) is 0.993. The van der Waals surface area contributed by atoms with E-state index in [4.69, 9.17) is 0 Å². The minimum Gasteiger partial charge on any atom is -0.294 e. The van der Waals surface area contributed by atoms with Crippen molar-refractivity contribution in [1.82, 2.24) is 0 Å². The first-order chi connectivity index (χ1) is 7.61. The summed E-state index contributed by atoms with van der Waals surface area (Å²) in [6, 6.07) is 4.20. The standard InChI is InChI=1S/C11H10N2O3/c1-2-7-5-11(14)9-6-8(13(15)16)3-4-10(9)12-7/h3-4,6H,2,5H2,1H3. The molecular weight excluding hydrogens is 208 g/mol. The molecule has 5 nitrogen and oxygen atoms in total. The number of carbonyl (C=O) groups excluding carboxylic acids is 1. The number of benzene rings is 1. The van der Waals surface area contributed by atoms with Crippen molar-refractivity contribution < 1.29 is 9.72 Å². The maximum atomic E-state index is 11.7. The quantitative estimate of drug-likeness (QED) is 0.565. The molecule has 1 heterocycles. The Kier molecular flexibility index (Phi) is 2.52. The number of rotatable bonds is 2. The predicted octanol–water partition coefficient (Wildman–Crippen LogP) is 2.66. The molecule has 2 rings (SSSR count). The Morgan fingerprint density at radius 3 is 2.88 bits per heavy atom. The number of hydrogen-bond donors (Lipinski definition) is 0. The van der Waals surface area contributed by atoms with Crippen LogP contribution in [0.1, 0.15) is 30.1 Å². The molecule has 0 unspecified atom stereocenters. The highest BCUT2D eigenvalue weighted by molar-refractivity contribution is 6.15. The molecule has 0 aliphatic carbocycles. The molecule has 0 saturated carbocycles. The largest absolute Gasteiger partial charge is 0.294 e. The number of hydrogen-bond acceptors (Lipinski definition) is 4. The van der Waals surface area contributed by atoms with E-state index >= 15 is 0 Å². The molecule has 5 heteroatoms. The van der Waals surface area contributed by atoms with E-state index in [9.17, 15) is 14.9 Å². The zero-order valence-electron chi connectivity index (χ0n) is 8.77. The van der Waals surface area contributed by atoms with Gasteiger partial charge in [0.2, 0.25) is 0 Å². The van der Waals surface area contributed by atoms with Crippen LogP contribution >= 0.6 is 0 Å². The second-order valence-electron chi connectivity index (χ2n) is 3.59. The lowest BCUT2D eigenvalue weighted by Crippen LogP contribution is -2.12. The summed E-state index contributed by atoms with van der Waals surface area (Å²) in [7, 11) is 0. The van der Waals surface area contributed by atoms with Gasteiger partial charge in [-0.2, -0.15) is 0 Å². The first-order valence-corrected chi connectivity index (χ1v) is 5.00. The molecule has 0 amide bonds. The van der Waals surface area contributed by atoms with Gasteiger partial charge in [-0.3, -0.25) is 19.9 Å². The van der Waals surface area contributed by atoms with Crippen molar-refractivity contribution in [2.75, 3.05) is 0 Å². The molecule has 0 radical (unpaired) electrons. The van der Waals surface area contributed by atoms with E-state index in [0.29, 0.717) is 11.3 Å². The molecule has 1 aromatic carbocycles. The second kappa shape index (κ2) is 3.84. The van der Waals surface area contributed by atoms with Crippen LogP contribution in [0.25, 0.3) is 0 Å². The van der Waals surface area contributed by atoms with Crippen molar-refractivity contribution in [2.24, 2.45) is 4.99 Å². The summed E-state index contributed by atoms with van der Waals surface area (Å²) < 4.78 is 0. The molecule has 0 bridgehead atoms. The van der Waals surface area contributed by atoms with Gasteiger partial charge in [-0.25, -0.2) is 0 Å². The second-order valence-corrected chi connectivity index (χ2v) is 3.59. The number of ketones is 1. The maximum Gasteiger partial charge on any atom is 0.270 e. The predicted molar refractivity (Wildman–Crippen MR) is 59.4 cm³/mol. The number of nitro benzene ring substituents is 1. The summed E-state index contributed by atoms with van der Waals surface area (Å²) in [5.74, 6) is -0.0921. The highest BCUT2D eigenvalue weighted by Crippen LogP contribution is 2.29. The van der Waals surface area contributed by atoms with Gasteiger partial charge in [0.05, 0.1) is 16.2 Å². The van der Waals surface area contributed by atoms with Crippen LogP contribution < -0.4 is 0 Å². The van der Waals surface area contributed by atoms with Crippen LogP contribution in [-0.4, -0.2) is 16.4 Å². The third-order valence-electron chi connectivity index (χ3n) is 2.54. The smallest absolute Gasteiger partial charge is 0.270 e. The number of nitrogens with zero attached hydrogens (tertiary/aromatic N) is 2. The third kappa shape index (κ3) is 1.71. The number of nitro groups is 1. The van der Waals surface area contributed by atoms with Crippen LogP contribution in [0, 0.1) is 10.1 Å². The summed E-state index contributed by atoms with van der Waals surface area (Å²) in [6.45, 7) is 1.93. The monoisotopic (exact) mass is 218 g/mol. The van der Waals surface area contributed by atoms with Crippen LogP contribution in [0.15, 0.2) is 23.2 Å². The molecule has 82 valence electrons. The Labute approximate surface area is 92.0 Å². The van der Waals surface area contributed by atoms with Crippen LogP contribution in [0.4, 0.5) is 11.4 Å². The van der Waals surface area contributed by atoms with Gasteiger partial charge in [-0.05, 0) is 12.5 Å². The molecular formula is C11H10N2O3. The lowest BCUT2D eigenvalue weighted by molar-refractivity contribution is -0.384. The Morgan fingerprint density at radius 2 is 2.25 bits per heavy atom. The molecule has 0 aromatic heterocycles. The minimum atomic E-state index is -0.507. The zero-order chi connectivity index (χ0) is 11.7. The molecule has 1 aromatic rings. The van der Waals surface area contributed by atoms with Gasteiger partial charge in [0.15, 0.2) is 5.78 Å². The number of aliphatic imine (C=N–C) groups is 1. The fraction of sp³-hybridized carbons (Fsp3) is 0.273. The molecule has 0 spiro atoms. The number of fused-ring (bicyclic) bond motifs is 1. The highest BCUT2D eigenvalue weighted by atomic mass is 16.6. The van der Waals surface area contributed by atoms with Crippen molar-refractivity contribution in [1.29, 1.82) is 0 Å². The van der Waals surface area contributed by atoms with E-state index in [0.717, 1.165) is 12.1 Å². The Bertz CT molecular complexity index is 506. The Balaban J connectivity index is 2.53. The normalized spacial score (nSPS) is 14.3. The lowest BCUT2D eigenvalue weighted by atomic mass is 9.98. The van der Waals surface area contributed by atoms with E-state index in [2.05, 4.69) is 4.99 Å². The average Bonchev–Trinajstić information content (AvgIpc) is 2.28. The van der Waals surface area contributed by atoms with Crippen molar-refractivity contribution in [3.63, 3.8) is 0 Å². The third-order valence-corrected chi connectivity index (χ3v) is 2.54. The average molecular weight is 218 g/mol. The first kappa shape index (κ1) is 10.5. The van der Waals surface area contributed by atoms with Gasteiger partial charge in [0, 0.05) is 24.3 Å². The summed E-state index contributed by atoms with van der Waals surface area (Å²) >= 11 is 0. The van der Waals surface area contributed by atoms with Crippen LogP contribution in [0.3, 0.4) is 0 Å². The van der Waals surface area contributed by atoms with Crippen LogP contribution in [0.2, 0.25) is 0 Å². The zero-order valence-corrected chi connectivity index (χ0v) is 8.77. The van der Waals surface area contributed by atoms with Crippen molar-refractivity contribution in [3.05, 3.63) is 33.9 Å². The van der Waals surface area contributed by atoms with E-state index in [1.54, 1.807) is 0 Å². The topological polar surface area (TPSA) is 72.6 Å². The summed E-state index contributed by atoms with van der Waals surface area (Å²) in [5, 5.41) is 10.6. The molecule has 1 aliphatic heterocycles. The van der Waals surface area contributed by atoms with Crippen LogP contribution in [0.5, 0.6) is 0 Å². The Hall–Kier alpha value is -2.04. The van der Waals surface area contributed by atoms with Gasteiger partial charge < -0.3 is 0 Å². The highest BCUT2D eigenvalue weighted by Gasteiger charge is 2.21. The number of Topliss-reactive ketones (excluding diaryl/α,β-unsaturated/α-hetero) is 1. The number of non-ortho nitro benzene ring substituents is 1. The van der Waals surface area contributed by atoms with E-state index in [-0.39, 0.29) is 17.9 Å². The van der Waals surface area contributed by atoms with E-state index < -0.39 is 4.92 Å². The SMILES string of the molecule is CCC1=Nc2ccc([N+](=O)[O-])cc2C(=O)C1. The molecule has 0 N–H and O–H groups in total. The summed E-state index contributed by atoms with van der Waals surface area (Å²) in [5.41, 5.74) is 1.65. The maximum absolute atomic E-state index is 11.7. The molecule has 0 atom stereocenters. The number of carbonyl (C=O) groups is 1. The first-order valence-electron chi connectivity index (χ1n) is 5.00. The van der Waals surface area contributed by atoms with Gasteiger partial charge >= 0.3 is 0 Å². The lowest BCUT2D eigenvalue weighted by Gasteiger charge is -2.12. The van der Waals surface area contributed by atoms with E-state index in [1.807, 2.05) is 6.92 Å². The van der Waals surface area contributed by atoms with Crippen molar-refractivity contribution >= 4 is 22.9 Å². The molecule has 16 heavy (non-hydrogen) atoms. The molecule has 0 fully saturated rings.